The molecule has 2 aromatic rings. The zero-order valence-electron chi connectivity index (χ0n) is 12.5. The summed E-state index contributed by atoms with van der Waals surface area (Å²) in [6.45, 7) is 1.64. The molecule has 0 radical (unpaired) electrons. The Morgan fingerprint density at radius 3 is 2.26 bits per heavy atom. The lowest BCUT2D eigenvalue weighted by atomic mass is 9.88. The number of carbonyl (C=O) groups is 1. The van der Waals surface area contributed by atoms with E-state index in [0.717, 1.165) is 12.1 Å². The molecule has 0 unspecified atom stereocenters. The first kappa shape index (κ1) is 16.9. The number of esters is 1. The smallest absolute Gasteiger partial charge is 0.416 e. The number of benzene rings is 1. The Labute approximate surface area is 129 Å². The molecule has 0 saturated heterocycles. The van der Waals surface area contributed by atoms with Gasteiger partial charge in [0.2, 0.25) is 0 Å². The van der Waals surface area contributed by atoms with E-state index in [0.29, 0.717) is 16.8 Å². The quantitative estimate of drug-likeness (QED) is 0.848. The highest BCUT2D eigenvalue weighted by molar-refractivity contribution is 5.71. The molecular weight excluding hydrogens is 313 g/mol. The maximum Gasteiger partial charge on any atom is 0.416 e. The fraction of sp³-hybridized carbons (Fsp3) is 0.333. The third-order valence-electron chi connectivity index (χ3n) is 3.60. The van der Waals surface area contributed by atoms with Crippen molar-refractivity contribution in [1.82, 2.24) is 10.2 Å². The number of nitrogens with one attached hydrogen (secondary N) is 2. The molecule has 1 atom stereocenters. The molecule has 0 spiro atoms. The summed E-state index contributed by atoms with van der Waals surface area (Å²) in [7, 11) is 1.21. The van der Waals surface area contributed by atoms with Crippen LogP contribution >= 0.6 is 0 Å². The number of halogens is 3. The van der Waals surface area contributed by atoms with Crippen LogP contribution in [0.25, 0.3) is 0 Å². The Balaban J connectivity index is 2.46. The Hall–Kier alpha value is -2.51. The molecule has 1 aromatic heterocycles. The third kappa shape index (κ3) is 3.64. The average Bonchev–Trinajstić information content (AvgIpc) is 2.83. The maximum absolute atomic E-state index is 12.7. The van der Waals surface area contributed by atoms with Crippen molar-refractivity contribution in [2.45, 2.75) is 25.4 Å². The lowest BCUT2D eigenvalue weighted by Crippen LogP contribution is -2.17. The van der Waals surface area contributed by atoms with Crippen molar-refractivity contribution >= 4 is 5.97 Å². The lowest BCUT2D eigenvalue weighted by Gasteiger charge is -2.16. The van der Waals surface area contributed by atoms with Crippen LogP contribution in [0.1, 0.15) is 34.7 Å². The minimum atomic E-state index is -4.45. The molecule has 0 aliphatic rings. The van der Waals surface area contributed by atoms with E-state index >= 15 is 0 Å². The zero-order chi connectivity index (χ0) is 17.2. The average molecular weight is 328 g/mol. The van der Waals surface area contributed by atoms with Crippen LogP contribution < -0.4 is 5.56 Å². The zero-order valence-corrected chi connectivity index (χ0v) is 12.5. The number of carbonyl (C=O) groups excluding carboxylic acids is 1. The largest absolute Gasteiger partial charge is 0.469 e. The van der Waals surface area contributed by atoms with Crippen molar-refractivity contribution in [2.75, 3.05) is 7.11 Å². The monoisotopic (exact) mass is 328 g/mol. The van der Waals surface area contributed by atoms with Crippen LogP contribution in [-0.2, 0) is 15.7 Å². The molecule has 23 heavy (non-hydrogen) atoms. The first-order valence-electron chi connectivity index (χ1n) is 6.75. The second kappa shape index (κ2) is 6.31. The number of methoxy groups -OCH3 is 1. The van der Waals surface area contributed by atoms with Gasteiger partial charge in [0, 0.05) is 17.2 Å². The van der Waals surface area contributed by atoms with Gasteiger partial charge in [0.25, 0.3) is 5.56 Å². The highest BCUT2D eigenvalue weighted by Gasteiger charge is 2.31. The molecule has 2 rings (SSSR count). The van der Waals surface area contributed by atoms with Crippen molar-refractivity contribution in [3.8, 4) is 0 Å². The SMILES string of the molecule is COC(=O)C[C@H](c1ccc(C(F)(F)F)cc1)c1c(C)[nH][nH]c1=O. The molecule has 124 valence electrons. The summed E-state index contributed by atoms with van der Waals surface area (Å²) in [5.41, 5.74) is 0.0321. The highest BCUT2D eigenvalue weighted by atomic mass is 19.4. The number of hydrogen-bond donors (Lipinski definition) is 2. The first-order chi connectivity index (χ1) is 10.7. The van der Waals surface area contributed by atoms with Crippen molar-refractivity contribution in [1.29, 1.82) is 0 Å². The number of aromatic nitrogens is 2. The van der Waals surface area contributed by atoms with E-state index < -0.39 is 29.2 Å². The molecule has 8 heteroatoms. The second-order valence-electron chi connectivity index (χ2n) is 5.07. The van der Waals surface area contributed by atoms with Gasteiger partial charge in [-0.3, -0.25) is 14.7 Å². The predicted molar refractivity (Wildman–Crippen MR) is 76.1 cm³/mol. The summed E-state index contributed by atoms with van der Waals surface area (Å²) >= 11 is 0. The molecule has 0 aliphatic heterocycles. The summed E-state index contributed by atoms with van der Waals surface area (Å²) in [6, 6.07) is 4.39. The van der Waals surface area contributed by atoms with Crippen LogP contribution in [0, 0.1) is 6.92 Å². The number of aromatic amines is 2. The van der Waals surface area contributed by atoms with Gasteiger partial charge < -0.3 is 9.84 Å². The fourth-order valence-corrected chi connectivity index (χ4v) is 2.42. The Morgan fingerprint density at radius 2 is 1.83 bits per heavy atom. The van der Waals surface area contributed by atoms with E-state index in [1.54, 1.807) is 6.92 Å². The van der Waals surface area contributed by atoms with E-state index in [1.807, 2.05) is 0 Å². The molecular formula is C15H15F3N2O3. The van der Waals surface area contributed by atoms with Crippen LogP contribution in [0.4, 0.5) is 13.2 Å². The molecule has 5 nitrogen and oxygen atoms in total. The van der Waals surface area contributed by atoms with Crippen molar-refractivity contribution in [2.24, 2.45) is 0 Å². The normalized spacial score (nSPS) is 12.9. The molecule has 0 bridgehead atoms. The molecule has 0 amide bonds. The molecule has 1 heterocycles. The van der Waals surface area contributed by atoms with E-state index in [1.165, 1.54) is 19.2 Å². The minimum absolute atomic E-state index is 0.149. The number of alkyl halides is 3. The molecule has 2 N–H and O–H groups in total. The molecule has 0 saturated carbocycles. The Bertz CT molecular complexity index is 745. The number of rotatable bonds is 4. The summed E-state index contributed by atoms with van der Waals surface area (Å²) in [6.07, 6.45) is -4.60. The number of aryl methyl sites for hydroxylation is 1. The third-order valence-corrected chi connectivity index (χ3v) is 3.60. The molecule has 1 aromatic carbocycles. The summed E-state index contributed by atoms with van der Waals surface area (Å²) in [4.78, 5) is 23.5. The Kier molecular flexibility index (Phi) is 4.63. The van der Waals surface area contributed by atoms with E-state index in [9.17, 15) is 22.8 Å². The van der Waals surface area contributed by atoms with Crippen molar-refractivity contribution in [3.05, 3.63) is 57.0 Å². The van der Waals surface area contributed by atoms with Crippen LogP contribution in [-0.4, -0.2) is 23.3 Å². The van der Waals surface area contributed by atoms with E-state index in [2.05, 4.69) is 14.9 Å². The maximum atomic E-state index is 12.7. The Morgan fingerprint density at radius 1 is 1.22 bits per heavy atom. The summed E-state index contributed by atoms with van der Waals surface area (Å²) < 4.78 is 42.6. The van der Waals surface area contributed by atoms with Gasteiger partial charge in [-0.05, 0) is 24.6 Å². The molecule has 0 fully saturated rings. The van der Waals surface area contributed by atoms with Gasteiger partial charge in [0.05, 0.1) is 19.1 Å². The fourth-order valence-electron chi connectivity index (χ4n) is 2.42. The van der Waals surface area contributed by atoms with Crippen LogP contribution in [0.5, 0.6) is 0 Å². The van der Waals surface area contributed by atoms with Gasteiger partial charge in [-0.1, -0.05) is 12.1 Å². The molecule has 0 aliphatic carbocycles. The highest BCUT2D eigenvalue weighted by Crippen LogP contribution is 2.32. The van der Waals surface area contributed by atoms with Gasteiger partial charge >= 0.3 is 12.1 Å². The van der Waals surface area contributed by atoms with Gasteiger partial charge in [0.1, 0.15) is 0 Å². The van der Waals surface area contributed by atoms with Gasteiger partial charge in [-0.15, -0.1) is 0 Å². The van der Waals surface area contributed by atoms with Gasteiger partial charge in [0.15, 0.2) is 0 Å². The topological polar surface area (TPSA) is 75.0 Å². The minimum Gasteiger partial charge on any atom is -0.469 e. The van der Waals surface area contributed by atoms with Crippen LogP contribution in [0.2, 0.25) is 0 Å². The van der Waals surface area contributed by atoms with E-state index in [4.69, 9.17) is 0 Å². The van der Waals surface area contributed by atoms with Crippen molar-refractivity contribution in [3.63, 3.8) is 0 Å². The second-order valence-corrected chi connectivity index (χ2v) is 5.07. The summed E-state index contributed by atoms with van der Waals surface area (Å²) in [5.74, 6) is -1.25. The summed E-state index contributed by atoms with van der Waals surface area (Å²) in [5, 5.41) is 5.05. The lowest BCUT2D eigenvalue weighted by molar-refractivity contribution is -0.141. The number of ether oxygens (including phenoxy) is 1. The number of H-pyrrole nitrogens is 2. The first-order valence-corrected chi connectivity index (χ1v) is 6.75. The van der Waals surface area contributed by atoms with E-state index in [-0.39, 0.29) is 6.42 Å². The van der Waals surface area contributed by atoms with Gasteiger partial charge in [-0.25, -0.2) is 0 Å². The predicted octanol–water partition coefficient (Wildman–Crippen LogP) is 2.73. The van der Waals surface area contributed by atoms with Crippen molar-refractivity contribution < 1.29 is 22.7 Å². The van der Waals surface area contributed by atoms with Crippen LogP contribution in [0.3, 0.4) is 0 Å². The standard InChI is InChI=1S/C15H15F3N2O3/c1-8-13(14(22)20-19-8)11(7-12(21)23-2)9-3-5-10(6-4-9)15(16,17)18/h3-6,11H,7H2,1-2H3,(H2,19,20,22)/t11-/m1/s1. The van der Waals surface area contributed by atoms with Crippen LogP contribution in [0.15, 0.2) is 29.1 Å². The number of hydrogen-bond acceptors (Lipinski definition) is 3. The van der Waals surface area contributed by atoms with Gasteiger partial charge in [-0.2, -0.15) is 13.2 Å².